The van der Waals surface area contributed by atoms with Crippen LogP contribution in [0.25, 0.3) is 0 Å². The molecule has 5 heteroatoms. The van der Waals surface area contributed by atoms with E-state index in [0.29, 0.717) is 15.7 Å². The first-order valence-corrected chi connectivity index (χ1v) is 5.94. The molecule has 1 N–H and O–H groups in total. The predicted molar refractivity (Wildman–Crippen MR) is 66.3 cm³/mol. The zero-order valence-electron chi connectivity index (χ0n) is 8.67. The van der Waals surface area contributed by atoms with E-state index in [1.165, 1.54) is 0 Å². The Balaban J connectivity index is 2.11. The summed E-state index contributed by atoms with van der Waals surface area (Å²) in [5, 5.41) is 3.66. The van der Waals surface area contributed by atoms with Gasteiger partial charge in [0.15, 0.2) is 0 Å². The van der Waals surface area contributed by atoms with Crippen molar-refractivity contribution in [2.45, 2.75) is 12.8 Å². The van der Waals surface area contributed by atoms with Crippen molar-refractivity contribution in [1.29, 1.82) is 0 Å². The molecule has 0 saturated carbocycles. The van der Waals surface area contributed by atoms with E-state index >= 15 is 0 Å². The number of nitrogens with one attached hydrogen (secondary N) is 1. The van der Waals surface area contributed by atoms with Gasteiger partial charge in [0.05, 0.1) is 15.7 Å². The van der Waals surface area contributed by atoms with Gasteiger partial charge in [-0.1, -0.05) is 29.3 Å². The van der Waals surface area contributed by atoms with Crippen LogP contribution >= 0.6 is 23.2 Å². The second-order valence-electron chi connectivity index (χ2n) is 3.72. The third-order valence-corrected chi connectivity index (χ3v) is 3.22. The Morgan fingerprint density at radius 2 is 1.75 bits per heavy atom. The maximum Gasteiger partial charge on any atom is 0.321 e. The SMILES string of the molecule is O=C(Nc1c(Cl)cccc1Cl)N1CCCC1. The van der Waals surface area contributed by atoms with Crippen LogP contribution in [-0.2, 0) is 0 Å². The summed E-state index contributed by atoms with van der Waals surface area (Å²) in [6.07, 6.45) is 2.12. The molecule has 0 radical (unpaired) electrons. The zero-order valence-corrected chi connectivity index (χ0v) is 10.2. The van der Waals surface area contributed by atoms with E-state index in [2.05, 4.69) is 5.32 Å². The minimum Gasteiger partial charge on any atom is -0.325 e. The molecular formula is C11H12Cl2N2O. The summed E-state index contributed by atoms with van der Waals surface area (Å²) in [7, 11) is 0. The van der Waals surface area contributed by atoms with Gasteiger partial charge < -0.3 is 10.2 Å². The van der Waals surface area contributed by atoms with E-state index in [1.54, 1.807) is 23.1 Å². The number of carbonyl (C=O) groups is 1. The number of anilines is 1. The molecule has 1 aliphatic heterocycles. The number of benzene rings is 1. The van der Waals surface area contributed by atoms with Gasteiger partial charge in [0.1, 0.15) is 0 Å². The second-order valence-corrected chi connectivity index (χ2v) is 4.54. The summed E-state index contributed by atoms with van der Waals surface area (Å²) in [6.45, 7) is 1.60. The van der Waals surface area contributed by atoms with Crippen molar-refractivity contribution in [3.63, 3.8) is 0 Å². The molecule has 0 atom stereocenters. The highest BCUT2D eigenvalue weighted by Gasteiger charge is 2.19. The van der Waals surface area contributed by atoms with Gasteiger partial charge in [-0.3, -0.25) is 0 Å². The Bertz CT molecular complexity index is 383. The molecule has 3 nitrogen and oxygen atoms in total. The van der Waals surface area contributed by atoms with Crippen LogP contribution in [0.1, 0.15) is 12.8 Å². The largest absolute Gasteiger partial charge is 0.325 e. The lowest BCUT2D eigenvalue weighted by Gasteiger charge is -2.17. The van der Waals surface area contributed by atoms with Gasteiger partial charge in [-0.05, 0) is 25.0 Å². The lowest BCUT2D eigenvalue weighted by atomic mass is 10.3. The summed E-state index contributed by atoms with van der Waals surface area (Å²) >= 11 is 11.9. The lowest BCUT2D eigenvalue weighted by Crippen LogP contribution is -2.32. The first-order chi connectivity index (χ1) is 7.68. The van der Waals surface area contributed by atoms with Crippen molar-refractivity contribution in [3.8, 4) is 0 Å². The number of hydrogen-bond donors (Lipinski definition) is 1. The molecule has 0 aromatic heterocycles. The van der Waals surface area contributed by atoms with Crippen LogP contribution in [0.3, 0.4) is 0 Å². The maximum absolute atomic E-state index is 11.8. The van der Waals surface area contributed by atoms with Crippen LogP contribution in [0.4, 0.5) is 10.5 Å². The number of rotatable bonds is 1. The van der Waals surface area contributed by atoms with Crippen molar-refractivity contribution in [2.24, 2.45) is 0 Å². The highest BCUT2D eigenvalue weighted by atomic mass is 35.5. The normalized spacial score (nSPS) is 15.2. The second kappa shape index (κ2) is 4.93. The average Bonchev–Trinajstić information content (AvgIpc) is 2.76. The third-order valence-electron chi connectivity index (χ3n) is 2.59. The van der Waals surface area contributed by atoms with Crippen molar-refractivity contribution >= 4 is 34.9 Å². The Labute approximate surface area is 104 Å². The molecule has 0 unspecified atom stereocenters. The van der Waals surface area contributed by atoms with Gasteiger partial charge in [0.25, 0.3) is 0 Å². The molecule has 0 spiro atoms. The topological polar surface area (TPSA) is 32.3 Å². The van der Waals surface area contributed by atoms with Gasteiger partial charge in [-0.15, -0.1) is 0 Å². The summed E-state index contributed by atoms with van der Waals surface area (Å²) in [5.41, 5.74) is 0.489. The van der Waals surface area contributed by atoms with Gasteiger partial charge in [-0.25, -0.2) is 4.79 Å². The Kier molecular flexibility index (Phi) is 3.56. The fraction of sp³-hybridized carbons (Fsp3) is 0.364. The van der Waals surface area contributed by atoms with Crippen LogP contribution in [-0.4, -0.2) is 24.0 Å². The van der Waals surface area contributed by atoms with Crippen molar-refractivity contribution in [3.05, 3.63) is 28.2 Å². The minimum atomic E-state index is -0.132. The number of nitrogens with zero attached hydrogens (tertiary/aromatic N) is 1. The molecule has 1 aliphatic rings. The fourth-order valence-corrected chi connectivity index (χ4v) is 2.22. The smallest absolute Gasteiger partial charge is 0.321 e. The molecule has 1 aromatic carbocycles. The van der Waals surface area contributed by atoms with Crippen molar-refractivity contribution in [1.82, 2.24) is 4.90 Å². The van der Waals surface area contributed by atoms with Crippen molar-refractivity contribution < 1.29 is 4.79 Å². The zero-order chi connectivity index (χ0) is 11.5. The minimum absolute atomic E-state index is 0.132. The molecule has 2 rings (SSSR count). The summed E-state index contributed by atoms with van der Waals surface area (Å²) < 4.78 is 0. The summed E-state index contributed by atoms with van der Waals surface area (Å²) in [5.74, 6) is 0. The van der Waals surface area contributed by atoms with Crippen LogP contribution in [0.5, 0.6) is 0 Å². The predicted octanol–water partition coefficient (Wildman–Crippen LogP) is 3.62. The molecule has 0 aliphatic carbocycles. The van der Waals surface area contributed by atoms with E-state index < -0.39 is 0 Å². The highest BCUT2D eigenvalue weighted by Crippen LogP contribution is 2.30. The standard InChI is InChI=1S/C11H12Cl2N2O/c12-8-4-3-5-9(13)10(8)14-11(16)15-6-1-2-7-15/h3-5H,1-2,6-7H2,(H,14,16). The Hall–Kier alpha value is -0.930. The number of halogens is 2. The first-order valence-electron chi connectivity index (χ1n) is 5.18. The summed E-state index contributed by atoms with van der Waals surface area (Å²) in [6, 6.07) is 5.02. The molecule has 1 fully saturated rings. The Morgan fingerprint density at radius 1 is 1.19 bits per heavy atom. The van der Waals surface area contributed by atoms with E-state index in [4.69, 9.17) is 23.2 Å². The monoisotopic (exact) mass is 258 g/mol. The van der Waals surface area contributed by atoms with E-state index in [0.717, 1.165) is 25.9 Å². The molecular weight excluding hydrogens is 247 g/mol. The molecule has 0 bridgehead atoms. The maximum atomic E-state index is 11.8. The molecule has 1 saturated heterocycles. The number of carbonyl (C=O) groups excluding carboxylic acids is 1. The number of likely N-dealkylation sites (tertiary alicyclic amines) is 1. The molecule has 16 heavy (non-hydrogen) atoms. The molecule has 1 aromatic rings. The van der Waals surface area contributed by atoms with Gasteiger partial charge >= 0.3 is 6.03 Å². The third kappa shape index (κ3) is 2.42. The summed E-state index contributed by atoms with van der Waals surface area (Å²) in [4.78, 5) is 13.6. The van der Waals surface area contributed by atoms with Crippen LogP contribution in [0, 0.1) is 0 Å². The quantitative estimate of drug-likeness (QED) is 0.820. The first kappa shape index (κ1) is 11.6. The van der Waals surface area contributed by atoms with E-state index in [-0.39, 0.29) is 6.03 Å². The van der Waals surface area contributed by atoms with Crippen molar-refractivity contribution in [2.75, 3.05) is 18.4 Å². The molecule has 1 heterocycles. The number of para-hydroxylation sites is 1. The fourth-order valence-electron chi connectivity index (χ4n) is 1.72. The number of hydrogen-bond acceptors (Lipinski definition) is 1. The van der Waals surface area contributed by atoms with E-state index in [9.17, 15) is 4.79 Å². The highest BCUT2D eigenvalue weighted by molar-refractivity contribution is 6.39. The van der Waals surface area contributed by atoms with Crippen LogP contribution in [0.2, 0.25) is 10.0 Å². The molecule has 2 amide bonds. The van der Waals surface area contributed by atoms with Gasteiger partial charge in [0.2, 0.25) is 0 Å². The average molecular weight is 259 g/mol. The van der Waals surface area contributed by atoms with Gasteiger partial charge in [-0.2, -0.15) is 0 Å². The number of amides is 2. The molecule has 86 valence electrons. The van der Waals surface area contributed by atoms with Crippen LogP contribution < -0.4 is 5.32 Å². The lowest BCUT2D eigenvalue weighted by molar-refractivity contribution is 0.222. The number of urea groups is 1. The van der Waals surface area contributed by atoms with E-state index in [1.807, 2.05) is 0 Å². The van der Waals surface area contributed by atoms with Crippen LogP contribution in [0.15, 0.2) is 18.2 Å². The Morgan fingerprint density at radius 3 is 2.31 bits per heavy atom. The van der Waals surface area contributed by atoms with Gasteiger partial charge in [0, 0.05) is 13.1 Å².